The van der Waals surface area contributed by atoms with Gasteiger partial charge in [0.15, 0.2) is 11.5 Å². The molecule has 160 valence electrons. The lowest BCUT2D eigenvalue weighted by atomic mass is 10.1. The summed E-state index contributed by atoms with van der Waals surface area (Å²) in [6.45, 7) is 2.77. The van der Waals surface area contributed by atoms with Crippen molar-refractivity contribution >= 4 is 29.0 Å². The summed E-state index contributed by atoms with van der Waals surface area (Å²) in [5.74, 6) is 0.781. The number of unbranched alkanes of at least 4 members (excludes halogenated alkanes) is 2. The molecule has 0 bridgehead atoms. The van der Waals surface area contributed by atoms with Crippen LogP contribution in [0.15, 0.2) is 47.4 Å². The van der Waals surface area contributed by atoms with Gasteiger partial charge >= 0.3 is 0 Å². The molecule has 2 aromatic carbocycles. The fraction of sp³-hybridized carbons (Fsp3) is 0.292. The average molecular weight is 437 g/mol. The van der Waals surface area contributed by atoms with Crippen LogP contribution in [0.1, 0.15) is 42.9 Å². The molecule has 1 fully saturated rings. The van der Waals surface area contributed by atoms with E-state index in [0.717, 1.165) is 42.2 Å². The summed E-state index contributed by atoms with van der Waals surface area (Å²) in [5, 5.41) is 8.99. The van der Waals surface area contributed by atoms with E-state index in [1.807, 2.05) is 18.2 Å². The third kappa shape index (κ3) is 5.47. The second-order valence-corrected chi connectivity index (χ2v) is 8.00. The first kappa shape index (κ1) is 22.4. The van der Waals surface area contributed by atoms with Crippen molar-refractivity contribution in [1.82, 2.24) is 4.90 Å². The second kappa shape index (κ2) is 10.7. The van der Waals surface area contributed by atoms with E-state index >= 15 is 0 Å². The Morgan fingerprint density at radius 3 is 2.68 bits per heavy atom. The third-order valence-electron chi connectivity index (χ3n) is 4.87. The zero-order valence-electron chi connectivity index (χ0n) is 17.6. The maximum atomic E-state index is 12.6. The number of nitriles is 1. The maximum absolute atomic E-state index is 12.6. The Balaban J connectivity index is 1.73. The number of methoxy groups -OCH3 is 1. The van der Waals surface area contributed by atoms with E-state index < -0.39 is 0 Å². The highest BCUT2D eigenvalue weighted by atomic mass is 32.2. The molecule has 0 radical (unpaired) electrons. The number of carbonyl (C=O) groups excluding carboxylic acids is 2. The van der Waals surface area contributed by atoms with Crippen LogP contribution in [0.25, 0.3) is 6.08 Å². The predicted octanol–water partition coefficient (Wildman–Crippen LogP) is 5.37. The van der Waals surface area contributed by atoms with E-state index in [1.165, 1.54) is 12.0 Å². The molecule has 6 nitrogen and oxygen atoms in total. The SMILES string of the molecule is CCCCCN1C(=O)S/C(=C\c2ccc(OCc3ccccc3C#N)c(OC)c2)C1=O. The zero-order valence-corrected chi connectivity index (χ0v) is 18.4. The molecule has 0 aromatic heterocycles. The van der Waals surface area contributed by atoms with Crippen molar-refractivity contribution in [3.63, 3.8) is 0 Å². The van der Waals surface area contributed by atoms with E-state index in [2.05, 4.69) is 13.0 Å². The van der Waals surface area contributed by atoms with Gasteiger partial charge in [0.05, 0.1) is 23.6 Å². The minimum atomic E-state index is -0.251. The number of nitrogens with zero attached hydrogens (tertiary/aromatic N) is 2. The van der Waals surface area contributed by atoms with Crippen molar-refractivity contribution in [3.05, 3.63) is 64.1 Å². The Bertz CT molecular complexity index is 1040. The molecule has 3 rings (SSSR count). The van der Waals surface area contributed by atoms with Crippen LogP contribution >= 0.6 is 11.8 Å². The highest BCUT2D eigenvalue weighted by Gasteiger charge is 2.34. The second-order valence-electron chi connectivity index (χ2n) is 7.01. The van der Waals surface area contributed by atoms with E-state index in [9.17, 15) is 14.9 Å². The Hall–Kier alpha value is -3.24. The first-order chi connectivity index (χ1) is 15.1. The van der Waals surface area contributed by atoms with Gasteiger partial charge in [-0.25, -0.2) is 0 Å². The van der Waals surface area contributed by atoms with Crippen molar-refractivity contribution in [3.8, 4) is 17.6 Å². The number of carbonyl (C=O) groups is 2. The Labute approximate surface area is 186 Å². The van der Waals surface area contributed by atoms with Crippen molar-refractivity contribution in [2.24, 2.45) is 0 Å². The molecule has 0 N–H and O–H groups in total. The van der Waals surface area contributed by atoms with Crippen LogP contribution in [-0.2, 0) is 11.4 Å². The molecule has 1 aliphatic heterocycles. The van der Waals surface area contributed by atoms with Crippen LogP contribution in [-0.4, -0.2) is 29.7 Å². The van der Waals surface area contributed by atoms with Gasteiger partial charge in [0.1, 0.15) is 6.61 Å². The monoisotopic (exact) mass is 436 g/mol. The summed E-state index contributed by atoms with van der Waals surface area (Å²) in [6.07, 6.45) is 4.53. The van der Waals surface area contributed by atoms with Gasteiger partial charge in [0, 0.05) is 12.1 Å². The number of imide groups is 1. The summed E-state index contributed by atoms with van der Waals surface area (Å²) in [6, 6.07) is 14.7. The molecule has 1 heterocycles. The van der Waals surface area contributed by atoms with Crippen LogP contribution in [0, 0.1) is 11.3 Å². The molecule has 0 spiro atoms. The average Bonchev–Trinajstić information content (AvgIpc) is 3.05. The van der Waals surface area contributed by atoms with Gasteiger partial charge in [-0.3, -0.25) is 14.5 Å². The molecule has 2 amide bonds. The Kier molecular flexibility index (Phi) is 7.74. The molecule has 1 aliphatic rings. The fourth-order valence-corrected chi connectivity index (χ4v) is 4.03. The molecule has 1 saturated heterocycles. The lowest BCUT2D eigenvalue weighted by Gasteiger charge is -2.12. The quantitative estimate of drug-likeness (QED) is 0.388. The first-order valence-electron chi connectivity index (χ1n) is 10.1. The highest BCUT2D eigenvalue weighted by Crippen LogP contribution is 2.35. The number of hydrogen-bond acceptors (Lipinski definition) is 6. The highest BCUT2D eigenvalue weighted by molar-refractivity contribution is 8.18. The summed E-state index contributed by atoms with van der Waals surface area (Å²) in [5.41, 5.74) is 2.08. The van der Waals surface area contributed by atoms with Crippen LogP contribution in [0.2, 0.25) is 0 Å². The molecule has 2 aromatic rings. The van der Waals surface area contributed by atoms with Gasteiger partial charge in [0.2, 0.25) is 0 Å². The van der Waals surface area contributed by atoms with Gasteiger partial charge in [-0.1, -0.05) is 44.0 Å². The zero-order chi connectivity index (χ0) is 22.2. The fourth-order valence-electron chi connectivity index (χ4n) is 3.17. The minimum absolute atomic E-state index is 0.226. The number of hydrogen-bond donors (Lipinski definition) is 0. The molecular weight excluding hydrogens is 412 g/mol. The molecule has 31 heavy (non-hydrogen) atoms. The lowest BCUT2D eigenvalue weighted by molar-refractivity contribution is -0.122. The summed E-state index contributed by atoms with van der Waals surface area (Å²) >= 11 is 0.960. The lowest BCUT2D eigenvalue weighted by Crippen LogP contribution is -2.29. The van der Waals surface area contributed by atoms with Gasteiger partial charge in [-0.05, 0) is 48.0 Å². The van der Waals surface area contributed by atoms with Gasteiger partial charge < -0.3 is 9.47 Å². The van der Waals surface area contributed by atoms with Crippen molar-refractivity contribution in [2.75, 3.05) is 13.7 Å². The van der Waals surface area contributed by atoms with Gasteiger partial charge in [-0.15, -0.1) is 0 Å². The topological polar surface area (TPSA) is 79.6 Å². The maximum Gasteiger partial charge on any atom is 0.293 e. The Morgan fingerprint density at radius 1 is 1.13 bits per heavy atom. The van der Waals surface area contributed by atoms with Gasteiger partial charge in [0.25, 0.3) is 11.1 Å². The number of rotatable bonds is 9. The largest absolute Gasteiger partial charge is 0.493 e. The summed E-state index contributed by atoms with van der Waals surface area (Å²) < 4.78 is 11.3. The van der Waals surface area contributed by atoms with Gasteiger partial charge in [-0.2, -0.15) is 5.26 Å². The molecule has 0 saturated carbocycles. The number of thioether (sulfide) groups is 1. The first-order valence-corrected chi connectivity index (χ1v) is 10.9. The molecule has 0 unspecified atom stereocenters. The smallest absolute Gasteiger partial charge is 0.293 e. The number of amides is 2. The van der Waals surface area contributed by atoms with Crippen molar-refractivity contribution in [2.45, 2.75) is 32.8 Å². The van der Waals surface area contributed by atoms with E-state index in [4.69, 9.17) is 9.47 Å². The molecule has 0 atom stereocenters. The number of ether oxygens (including phenoxy) is 2. The standard InChI is InChI=1S/C24H24N2O4S/c1-3-4-7-12-26-23(27)22(31-24(26)28)14-17-10-11-20(21(13-17)29-2)30-16-19-9-6-5-8-18(19)15-25/h5-6,8-11,13-14H,3-4,7,12,16H2,1-2H3/b22-14-. The molecule has 0 aliphatic carbocycles. The normalized spacial score (nSPS) is 14.7. The van der Waals surface area contributed by atoms with E-state index in [-0.39, 0.29) is 17.8 Å². The van der Waals surface area contributed by atoms with E-state index in [0.29, 0.717) is 28.5 Å². The molecular formula is C24H24N2O4S. The predicted molar refractivity (Wildman–Crippen MR) is 121 cm³/mol. The van der Waals surface area contributed by atoms with Crippen molar-refractivity contribution in [1.29, 1.82) is 5.26 Å². The number of benzene rings is 2. The Morgan fingerprint density at radius 2 is 1.94 bits per heavy atom. The van der Waals surface area contributed by atoms with E-state index in [1.54, 1.807) is 30.3 Å². The molecule has 7 heteroatoms. The van der Waals surface area contributed by atoms with Crippen molar-refractivity contribution < 1.29 is 19.1 Å². The van der Waals surface area contributed by atoms with Crippen LogP contribution < -0.4 is 9.47 Å². The van der Waals surface area contributed by atoms with Crippen LogP contribution in [0.3, 0.4) is 0 Å². The summed E-state index contributed by atoms with van der Waals surface area (Å²) in [4.78, 5) is 26.5. The van der Waals surface area contributed by atoms with Crippen LogP contribution in [0.4, 0.5) is 4.79 Å². The third-order valence-corrected chi connectivity index (χ3v) is 5.77. The van der Waals surface area contributed by atoms with Crippen LogP contribution in [0.5, 0.6) is 11.5 Å². The summed E-state index contributed by atoms with van der Waals surface area (Å²) in [7, 11) is 1.54. The minimum Gasteiger partial charge on any atom is -0.493 e.